The standard InChI is InChI=1S/C6H7N3S/c1-2-8-6-5(7-1)3-10-4-9-6/h1-2H,3-4H2,(H,8,9). The SMILES string of the molecule is c1cnc2c(n1)CSCN2. The fourth-order valence-corrected chi connectivity index (χ4v) is 1.63. The molecular weight excluding hydrogens is 146 g/mol. The van der Waals surface area contributed by atoms with Crippen LogP contribution in [0.1, 0.15) is 5.69 Å². The molecule has 3 nitrogen and oxygen atoms in total. The van der Waals surface area contributed by atoms with E-state index in [0.717, 1.165) is 23.1 Å². The second-order valence-corrected chi connectivity index (χ2v) is 3.01. The number of aromatic nitrogens is 2. The Morgan fingerprint density at radius 2 is 2.30 bits per heavy atom. The minimum Gasteiger partial charge on any atom is -0.359 e. The zero-order valence-electron chi connectivity index (χ0n) is 5.37. The molecule has 52 valence electrons. The molecule has 0 saturated carbocycles. The van der Waals surface area contributed by atoms with Gasteiger partial charge in [0.1, 0.15) is 5.82 Å². The van der Waals surface area contributed by atoms with E-state index in [2.05, 4.69) is 15.3 Å². The van der Waals surface area contributed by atoms with Crippen LogP contribution in [0.3, 0.4) is 0 Å². The summed E-state index contributed by atoms with van der Waals surface area (Å²) in [5.74, 6) is 2.88. The summed E-state index contributed by atoms with van der Waals surface area (Å²) in [6.07, 6.45) is 3.44. The van der Waals surface area contributed by atoms with Gasteiger partial charge >= 0.3 is 0 Å². The van der Waals surface area contributed by atoms with E-state index < -0.39 is 0 Å². The van der Waals surface area contributed by atoms with Gasteiger partial charge in [0.25, 0.3) is 0 Å². The van der Waals surface area contributed by atoms with Gasteiger partial charge in [0, 0.05) is 18.1 Å². The summed E-state index contributed by atoms with van der Waals surface area (Å²) < 4.78 is 0. The van der Waals surface area contributed by atoms with Crippen molar-refractivity contribution in [2.75, 3.05) is 11.2 Å². The Hall–Kier alpha value is -0.770. The molecule has 0 unspecified atom stereocenters. The lowest BCUT2D eigenvalue weighted by atomic mass is 10.4. The number of hydrogen-bond donors (Lipinski definition) is 1. The summed E-state index contributed by atoms with van der Waals surface area (Å²) in [6, 6.07) is 0. The van der Waals surface area contributed by atoms with Crippen molar-refractivity contribution in [3.63, 3.8) is 0 Å². The van der Waals surface area contributed by atoms with Crippen molar-refractivity contribution in [3.05, 3.63) is 18.1 Å². The van der Waals surface area contributed by atoms with Crippen molar-refractivity contribution < 1.29 is 0 Å². The first kappa shape index (κ1) is 5.97. The summed E-state index contributed by atoms with van der Waals surface area (Å²) in [6.45, 7) is 0. The lowest BCUT2D eigenvalue weighted by molar-refractivity contribution is 1.08. The second-order valence-electron chi connectivity index (χ2n) is 2.02. The largest absolute Gasteiger partial charge is 0.359 e. The van der Waals surface area contributed by atoms with Crippen LogP contribution in [-0.4, -0.2) is 15.8 Å². The predicted molar refractivity (Wildman–Crippen MR) is 41.8 cm³/mol. The Morgan fingerprint density at radius 1 is 1.40 bits per heavy atom. The quantitative estimate of drug-likeness (QED) is 0.605. The van der Waals surface area contributed by atoms with Crippen molar-refractivity contribution in [1.82, 2.24) is 9.97 Å². The molecule has 2 rings (SSSR count). The average molecular weight is 153 g/mol. The van der Waals surface area contributed by atoms with Gasteiger partial charge in [-0.15, -0.1) is 11.8 Å². The molecule has 1 N–H and O–H groups in total. The highest BCUT2D eigenvalue weighted by atomic mass is 32.2. The maximum Gasteiger partial charge on any atom is 0.149 e. The Balaban J connectivity index is 2.41. The summed E-state index contributed by atoms with van der Waals surface area (Å²) >= 11 is 1.82. The fraction of sp³-hybridized carbons (Fsp3) is 0.333. The number of fused-ring (bicyclic) bond motifs is 1. The fourth-order valence-electron chi connectivity index (χ4n) is 0.887. The van der Waals surface area contributed by atoms with Gasteiger partial charge in [0.05, 0.1) is 11.6 Å². The minimum absolute atomic E-state index is 0.946. The highest BCUT2D eigenvalue weighted by molar-refractivity contribution is 7.98. The molecule has 0 amide bonds. The Bertz CT molecular complexity index is 213. The van der Waals surface area contributed by atoms with Crippen LogP contribution in [0.2, 0.25) is 0 Å². The van der Waals surface area contributed by atoms with Crippen LogP contribution in [0.4, 0.5) is 5.82 Å². The van der Waals surface area contributed by atoms with Gasteiger partial charge in [-0.05, 0) is 0 Å². The van der Waals surface area contributed by atoms with Crippen molar-refractivity contribution in [2.24, 2.45) is 0 Å². The molecule has 4 heteroatoms. The molecular formula is C6H7N3S. The number of nitrogens with one attached hydrogen (secondary N) is 1. The molecule has 1 aliphatic heterocycles. The number of nitrogens with zero attached hydrogens (tertiary/aromatic N) is 2. The first-order chi connectivity index (χ1) is 4.97. The van der Waals surface area contributed by atoms with E-state index in [0.29, 0.717) is 0 Å². The predicted octanol–water partition coefficient (Wildman–Crippen LogP) is 1.09. The molecule has 0 radical (unpaired) electrons. The van der Waals surface area contributed by atoms with Gasteiger partial charge in [0.2, 0.25) is 0 Å². The second kappa shape index (κ2) is 2.46. The van der Waals surface area contributed by atoms with Crippen LogP contribution < -0.4 is 5.32 Å². The lowest BCUT2D eigenvalue weighted by Gasteiger charge is -2.13. The highest BCUT2D eigenvalue weighted by Crippen LogP contribution is 2.21. The molecule has 1 aliphatic rings. The summed E-state index contributed by atoms with van der Waals surface area (Å²) in [5, 5.41) is 3.15. The first-order valence-corrected chi connectivity index (χ1v) is 4.24. The molecule has 2 heterocycles. The monoisotopic (exact) mass is 153 g/mol. The van der Waals surface area contributed by atoms with Crippen LogP contribution in [0, 0.1) is 0 Å². The molecule has 0 fully saturated rings. The Morgan fingerprint density at radius 3 is 3.20 bits per heavy atom. The number of anilines is 1. The summed E-state index contributed by atoms with van der Waals surface area (Å²) in [7, 11) is 0. The molecule has 1 aromatic heterocycles. The molecule has 0 spiro atoms. The number of rotatable bonds is 0. The third-order valence-electron chi connectivity index (χ3n) is 1.35. The van der Waals surface area contributed by atoms with Gasteiger partial charge in [-0.1, -0.05) is 0 Å². The van der Waals surface area contributed by atoms with Crippen molar-refractivity contribution in [3.8, 4) is 0 Å². The maximum atomic E-state index is 4.17. The third kappa shape index (κ3) is 0.945. The third-order valence-corrected chi connectivity index (χ3v) is 2.18. The maximum absolute atomic E-state index is 4.17. The lowest BCUT2D eigenvalue weighted by Crippen LogP contribution is -2.09. The van der Waals surface area contributed by atoms with E-state index in [1.54, 1.807) is 12.4 Å². The smallest absolute Gasteiger partial charge is 0.149 e. The van der Waals surface area contributed by atoms with Crippen LogP contribution in [0.25, 0.3) is 0 Å². The van der Waals surface area contributed by atoms with Gasteiger partial charge in [-0.3, -0.25) is 4.98 Å². The van der Waals surface area contributed by atoms with Gasteiger partial charge in [0.15, 0.2) is 0 Å². The van der Waals surface area contributed by atoms with E-state index in [9.17, 15) is 0 Å². The Labute approximate surface area is 63.3 Å². The van der Waals surface area contributed by atoms with Crippen molar-refractivity contribution >= 4 is 17.6 Å². The summed E-state index contributed by atoms with van der Waals surface area (Å²) in [5.41, 5.74) is 1.07. The molecule has 10 heavy (non-hydrogen) atoms. The molecule has 0 aliphatic carbocycles. The minimum atomic E-state index is 0.946. The van der Waals surface area contributed by atoms with Gasteiger partial charge in [-0.2, -0.15) is 0 Å². The van der Waals surface area contributed by atoms with Gasteiger partial charge < -0.3 is 5.32 Å². The van der Waals surface area contributed by atoms with E-state index in [4.69, 9.17) is 0 Å². The van der Waals surface area contributed by atoms with Crippen LogP contribution >= 0.6 is 11.8 Å². The average Bonchev–Trinajstić information content (AvgIpc) is 2.05. The number of hydrogen-bond acceptors (Lipinski definition) is 4. The Kier molecular flexibility index (Phi) is 1.47. The topological polar surface area (TPSA) is 37.8 Å². The molecule has 0 saturated heterocycles. The van der Waals surface area contributed by atoms with E-state index in [1.807, 2.05) is 11.8 Å². The molecule has 0 bridgehead atoms. The van der Waals surface area contributed by atoms with E-state index in [-0.39, 0.29) is 0 Å². The van der Waals surface area contributed by atoms with Crippen molar-refractivity contribution in [2.45, 2.75) is 5.75 Å². The van der Waals surface area contributed by atoms with E-state index in [1.165, 1.54) is 0 Å². The summed E-state index contributed by atoms with van der Waals surface area (Å²) in [4.78, 5) is 8.31. The van der Waals surface area contributed by atoms with Crippen molar-refractivity contribution in [1.29, 1.82) is 0 Å². The zero-order valence-corrected chi connectivity index (χ0v) is 6.19. The van der Waals surface area contributed by atoms with Crippen LogP contribution in [-0.2, 0) is 5.75 Å². The molecule has 0 aromatic carbocycles. The van der Waals surface area contributed by atoms with Gasteiger partial charge in [-0.25, -0.2) is 4.98 Å². The zero-order chi connectivity index (χ0) is 6.81. The number of thioether (sulfide) groups is 1. The first-order valence-electron chi connectivity index (χ1n) is 3.08. The molecule has 1 aromatic rings. The van der Waals surface area contributed by atoms with Crippen LogP contribution in [0.5, 0.6) is 0 Å². The normalized spacial score (nSPS) is 15.6. The highest BCUT2D eigenvalue weighted by Gasteiger charge is 2.08. The van der Waals surface area contributed by atoms with E-state index >= 15 is 0 Å². The molecule has 0 atom stereocenters. The van der Waals surface area contributed by atoms with Crippen LogP contribution in [0.15, 0.2) is 12.4 Å².